The molecule has 0 saturated carbocycles. The van der Waals surface area contributed by atoms with Crippen LogP contribution in [0.15, 0.2) is 34.1 Å². The van der Waals surface area contributed by atoms with Crippen LogP contribution in [0.3, 0.4) is 0 Å². The quantitative estimate of drug-likeness (QED) is 0.686. The van der Waals surface area contributed by atoms with E-state index in [2.05, 4.69) is 26.2 Å². The number of ether oxygens (including phenoxy) is 2. The van der Waals surface area contributed by atoms with Gasteiger partial charge in [0, 0.05) is 15.8 Å². The van der Waals surface area contributed by atoms with Crippen molar-refractivity contribution >= 4 is 39.1 Å². The van der Waals surface area contributed by atoms with Crippen LogP contribution < -0.4 is 10.1 Å². The van der Waals surface area contributed by atoms with E-state index in [9.17, 15) is 9.59 Å². The first-order valence-electron chi connectivity index (χ1n) is 7.64. The van der Waals surface area contributed by atoms with Crippen molar-refractivity contribution in [2.24, 2.45) is 0 Å². The third-order valence-corrected chi connectivity index (χ3v) is 4.93. The lowest BCUT2D eigenvalue weighted by Crippen LogP contribution is -2.41. The highest BCUT2D eigenvalue weighted by molar-refractivity contribution is 9.10. The van der Waals surface area contributed by atoms with Crippen LogP contribution in [0.2, 0.25) is 0 Å². The molecule has 1 atom stereocenters. The number of thiazole rings is 1. The minimum atomic E-state index is -0.946. The zero-order valence-electron chi connectivity index (χ0n) is 14.1. The number of rotatable bonds is 7. The van der Waals surface area contributed by atoms with Gasteiger partial charge in [-0.05, 0) is 24.3 Å². The number of nitrogens with one attached hydrogen (secondary N) is 1. The minimum absolute atomic E-state index is 0.0177. The van der Waals surface area contributed by atoms with Crippen LogP contribution in [-0.4, -0.2) is 36.6 Å². The molecule has 0 spiro atoms. The molecule has 1 aromatic carbocycles. The highest BCUT2D eigenvalue weighted by atomic mass is 79.9. The Morgan fingerprint density at radius 2 is 1.96 bits per heavy atom. The Hall–Kier alpha value is -1.93. The molecular weight excluding hydrogens is 408 g/mol. The summed E-state index contributed by atoms with van der Waals surface area (Å²) >= 11 is 4.77. The number of halogens is 1. The van der Waals surface area contributed by atoms with E-state index in [-0.39, 0.29) is 18.4 Å². The summed E-state index contributed by atoms with van der Waals surface area (Å²) in [6.45, 7) is 4.01. The molecule has 0 aliphatic heterocycles. The molecule has 134 valence electrons. The maximum absolute atomic E-state index is 12.2. The Morgan fingerprint density at radius 1 is 1.28 bits per heavy atom. The van der Waals surface area contributed by atoms with Gasteiger partial charge in [0.1, 0.15) is 11.4 Å². The number of hydrogen-bond donors (Lipinski definition) is 1. The van der Waals surface area contributed by atoms with Crippen molar-refractivity contribution in [3.63, 3.8) is 0 Å². The number of aromatic nitrogens is 1. The van der Waals surface area contributed by atoms with E-state index in [0.717, 1.165) is 9.48 Å². The lowest BCUT2D eigenvalue weighted by Gasteiger charge is -2.17. The molecule has 2 rings (SSSR count). The molecule has 8 heteroatoms. The first-order valence-corrected chi connectivity index (χ1v) is 9.31. The van der Waals surface area contributed by atoms with Crippen LogP contribution >= 0.6 is 27.3 Å². The number of carbonyl (C=O) groups excluding carboxylic acids is 2. The molecule has 6 nitrogen and oxygen atoms in total. The highest BCUT2D eigenvalue weighted by Crippen LogP contribution is 2.19. The molecular formula is C17H19BrN2O4S. The van der Waals surface area contributed by atoms with Gasteiger partial charge in [0.05, 0.1) is 18.7 Å². The normalized spacial score (nSPS) is 11.9. The maximum atomic E-state index is 12.2. The van der Waals surface area contributed by atoms with Crippen LogP contribution in [0, 0.1) is 0 Å². The predicted molar refractivity (Wildman–Crippen MR) is 99.1 cm³/mol. The summed E-state index contributed by atoms with van der Waals surface area (Å²) in [5, 5.41) is 5.26. The number of methoxy groups -OCH3 is 1. The molecule has 1 amide bonds. The van der Waals surface area contributed by atoms with Gasteiger partial charge >= 0.3 is 5.97 Å². The number of esters is 1. The summed E-state index contributed by atoms with van der Waals surface area (Å²) < 4.78 is 11.3. The molecule has 0 saturated heterocycles. The summed E-state index contributed by atoms with van der Waals surface area (Å²) in [7, 11) is 1.28. The van der Waals surface area contributed by atoms with Gasteiger partial charge in [-0.2, -0.15) is 0 Å². The molecule has 1 heterocycles. The van der Waals surface area contributed by atoms with Crippen molar-refractivity contribution in [1.29, 1.82) is 0 Å². The number of hydrogen-bond acceptors (Lipinski definition) is 6. The number of carbonyl (C=O) groups is 2. The summed E-state index contributed by atoms with van der Waals surface area (Å²) in [4.78, 5) is 28.4. The molecule has 0 bridgehead atoms. The summed E-state index contributed by atoms with van der Waals surface area (Å²) in [5.74, 6) is -0.153. The third kappa shape index (κ3) is 5.54. The second-order valence-electron chi connectivity index (χ2n) is 5.52. The topological polar surface area (TPSA) is 77.5 Å². The standard InChI is InChI=1S/C17H19BrN2O4S/c1-10(2)16-20-13(9-25-16)15(21)19-8-14(17(22)23-3)24-12-6-4-11(18)5-7-12/h4-7,9-10,14H,8H2,1-3H3,(H,19,21)/t14-/m1/s1. The van der Waals surface area contributed by atoms with Gasteiger partial charge in [0.15, 0.2) is 0 Å². The number of nitrogens with zero attached hydrogens (tertiary/aromatic N) is 1. The molecule has 0 fully saturated rings. The van der Waals surface area contributed by atoms with Crippen molar-refractivity contribution in [2.45, 2.75) is 25.9 Å². The van der Waals surface area contributed by atoms with E-state index in [1.165, 1.54) is 18.4 Å². The molecule has 1 N–H and O–H groups in total. The van der Waals surface area contributed by atoms with E-state index in [4.69, 9.17) is 9.47 Å². The monoisotopic (exact) mass is 426 g/mol. The molecule has 0 unspecified atom stereocenters. The van der Waals surface area contributed by atoms with Gasteiger partial charge in [0.25, 0.3) is 5.91 Å². The Balaban J connectivity index is 2.00. The number of amides is 1. The van der Waals surface area contributed by atoms with E-state index in [1.807, 2.05) is 13.8 Å². The van der Waals surface area contributed by atoms with E-state index >= 15 is 0 Å². The highest BCUT2D eigenvalue weighted by Gasteiger charge is 2.23. The Bertz CT molecular complexity index is 731. The zero-order valence-corrected chi connectivity index (χ0v) is 16.5. The fraction of sp³-hybridized carbons (Fsp3) is 0.353. The second kappa shape index (κ2) is 8.96. The Morgan fingerprint density at radius 3 is 2.52 bits per heavy atom. The van der Waals surface area contributed by atoms with Crippen LogP contribution in [0.4, 0.5) is 0 Å². The second-order valence-corrected chi connectivity index (χ2v) is 7.32. The van der Waals surface area contributed by atoms with Gasteiger partial charge in [-0.25, -0.2) is 9.78 Å². The van der Waals surface area contributed by atoms with E-state index in [0.29, 0.717) is 11.4 Å². The Kier molecular flexibility index (Phi) is 6.95. The van der Waals surface area contributed by atoms with Gasteiger partial charge < -0.3 is 14.8 Å². The number of benzene rings is 1. The summed E-state index contributed by atoms with van der Waals surface area (Å²) in [6, 6.07) is 7.03. The molecule has 25 heavy (non-hydrogen) atoms. The smallest absolute Gasteiger partial charge is 0.348 e. The average Bonchev–Trinajstić information content (AvgIpc) is 3.09. The SMILES string of the molecule is COC(=O)[C@@H](CNC(=O)c1csc(C(C)C)n1)Oc1ccc(Br)cc1. The molecule has 1 aromatic heterocycles. The fourth-order valence-electron chi connectivity index (χ4n) is 1.92. The van der Waals surface area contributed by atoms with Gasteiger partial charge in [0.2, 0.25) is 6.10 Å². The van der Waals surface area contributed by atoms with Crippen molar-refractivity contribution < 1.29 is 19.1 Å². The van der Waals surface area contributed by atoms with Gasteiger partial charge in [-0.1, -0.05) is 29.8 Å². The predicted octanol–water partition coefficient (Wildman–Crippen LogP) is 3.38. The van der Waals surface area contributed by atoms with Gasteiger partial charge in [-0.15, -0.1) is 11.3 Å². The first kappa shape index (κ1) is 19.4. The zero-order chi connectivity index (χ0) is 18.4. The van der Waals surface area contributed by atoms with Crippen molar-refractivity contribution in [1.82, 2.24) is 10.3 Å². The maximum Gasteiger partial charge on any atom is 0.348 e. The molecule has 0 radical (unpaired) electrons. The van der Waals surface area contributed by atoms with Crippen molar-refractivity contribution in [2.75, 3.05) is 13.7 Å². The minimum Gasteiger partial charge on any atom is -0.477 e. The third-order valence-electron chi connectivity index (χ3n) is 3.25. The van der Waals surface area contributed by atoms with E-state index in [1.54, 1.807) is 29.6 Å². The van der Waals surface area contributed by atoms with E-state index < -0.39 is 12.1 Å². The lowest BCUT2D eigenvalue weighted by atomic mass is 10.2. The fourth-order valence-corrected chi connectivity index (χ4v) is 2.99. The summed E-state index contributed by atoms with van der Waals surface area (Å²) in [6.07, 6.45) is -0.946. The summed E-state index contributed by atoms with van der Waals surface area (Å²) in [5.41, 5.74) is 0.334. The Labute approximate surface area is 158 Å². The molecule has 0 aliphatic carbocycles. The molecule has 2 aromatic rings. The lowest BCUT2D eigenvalue weighted by molar-refractivity contribution is -0.148. The molecule has 0 aliphatic rings. The first-order chi connectivity index (χ1) is 11.9. The van der Waals surface area contributed by atoms with Crippen LogP contribution in [0.25, 0.3) is 0 Å². The van der Waals surface area contributed by atoms with Crippen LogP contribution in [-0.2, 0) is 9.53 Å². The largest absolute Gasteiger partial charge is 0.477 e. The van der Waals surface area contributed by atoms with Crippen molar-refractivity contribution in [3.8, 4) is 5.75 Å². The van der Waals surface area contributed by atoms with Crippen LogP contribution in [0.1, 0.15) is 35.3 Å². The average molecular weight is 427 g/mol. The van der Waals surface area contributed by atoms with Crippen molar-refractivity contribution in [3.05, 3.63) is 44.8 Å². The van der Waals surface area contributed by atoms with Crippen LogP contribution in [0.5, 0.6) is 5.75 Å². The van der Waals surface area contributed by atoms with Gasteiger partial charge in [-0.3, -0.25) is 4.79 Å².